The summed E-state index contributed by atoms with van der Waals surface area (Å²) < 4.78 is 1.76. The fourth-order valence-corrected chi connectivity index (χ4v) is 3.63. The molecule has 130 valence electrons. The van der Waals surface area contributed by atoms with Crippen molar-refractivity contribution in [1.29, 1.82) is 0 Å². The highest BCUT2D eigenvalue weighted by molar-refractivity contribution is 6.30. The van der Waals surface area contributed by atoms with Gasteiger partial charge < -0.3 is 16.8 Å². The molecule has 2 aromatic heterocycles. The van der Waals surface area contributed by atoms with E-state index in [-0.39, 0.29) is 0 Å². The van der Waals surface area contributed by atoms with E-state index in [9.17, 15) is 0 Å². The Morgan fingerprint density at radius 1 is 1.16 bits per heavy atom. The first-order chi connectivity index (χ1) is 12.1. The second kappa shape index (κ2) is 6.54. The molecule has 0 radical (unpaired) electrons. The third kappa shape index (κ3) is 3.41. The van der Waals surface area contributed by atoms with Gasteiger partial charge in [0.1, 0.15) is 5.82 Å². The smallest absolute Gasteiger partial charge is 0.177 e. The number of nitrogens with two attached hydrogens (primary N) is 2. The first kappa shape index (κ1) is 16.2. The summed E-state index contributed by atoms with van der Waals surface area (Å²) in [5.41, 5.74) is 15.5. The summed E-state index contributed by atoms with van der Waals surface area (Å²) in [5, 5.41) is 8.38. The third-order valence-electron chi connectivity index (χ3n) is 4.76. The Labute approximate surface area is 151 Å². The Morgan fingerprint density at radius 2 is 1.96 bits per heavy atom. The van der Waals surface area contributed by atoms with Crippen molar-refractivity contribution in [3.8, 4) is 0 Å². The predicted molar refractivity (Wildman–Crippen MR) is 101 cm³/mol. The van der Waals surface area contributed by atoms with E-state index in [4.69, 9.17) is 28.1 Å². The largest absolute Gasteiger partial charge is 0.382 e. The third-order valence-corrected chi connectivity index (χ3v) is 4.99. The maximum Gasteiger partial charge on any atom is 0.177 e. The highest BCUT2D eigenvalue weighted by Gasteiger charge is 2.23. The Hall–Kier alpha value is -2.31. The maximum absolute atomic E-state index is 6.07. The van der Waals surface area contributed by atoms with Gasteiger partial charge in [-0.05, 0) is 43.9 Å². The zero-order valence-electron chi connectivity index (χ0n) is 13.8. The Balaban J connectivity index is 1.69. The fourth-order valence-electron chi connectivity index (χ4n) is 3.44. The summed E-state index contributed by atoms with van der Waals surface area (Å²) >= 11 is 6.07. The average Bonchev–Trinajstić information content (AvgIpc) is 2.99. The van der Waals surface area contributed by atoms with Crippen molar-refractivity contribution < 1.29 is 0 Å². The molecule has 1 aliphatic rings. The van der Waals surface area contributed by atoms with E-state index in [1.54, 1.807) is 10.6 Å². The number of imidazole rings is 1. The van der Waals surface area contributed by atoms with E-state index in [0.717, 1.165) is 48.4 Å². The van der Waals surface area contributed by atoms with E-state index in [2.05, 4.69) is 10.4 Å². The summed E-state index contributed by atoms with van der Waals surface area (Å²) in [5.74, 6) is 0.869. The Bertz CT molecular complexity index is 898. The number of aromatic nitrogens is 3. The number of nitrogens with one attached hydrogen (secondary N) is 1. The van der Waals surface area contributed by atoms with Gasteiger partial charge in [-0.25, -0.2) is 9.50 Å². The van der Waals surface area contributed by atoms with Crippen LogP contribution < -0.4 is 16.8 Å². The summed E-state index contributed by atoms with van der Waals surface area (Å²) in [6.45, 7) is 0. The van der Waals surface area contributed by atoms with Crippen LogP contribution in [0.25, 0.3) is 5.65 Å². The van der Waals surface area contributed by atoms with Crippen LogP contribution in [0.3, 0.4) is 0 Å². The van der Waals surface area contributed by atoms with Crippen molar-refractivity contribution in [2.45, 2.75) is 37.6 Å². The maximum atomic E-state index is 6.07. The van der Waals surface area contributed by atoms with Gasteiger partial charge in [-0.1, -0.05) is 17.7 Å². The lowest BCUT2D eigenvalue weighted by atomic mass is 9.85. The zero-order chi connectivity index (χ0) is 17.4. The van der Waals surface area contributed by atoms with E-state index < -0.39 is 0 Å². The highest BCUT2D eigenvalue weighted by Crippen LogP contribution is 2.33. The number of hydrogen-bond donors (Lipinski definition) is 3. The van der Waals surface area contributed by atoms with Crippen molar-refractivity contribution in [2.75, 3.05) is 11.1 Å². The lowest BCUT2D eigenvalue weighted by Crippen LogP contribution is -2.25. The number of hydrogen-bond acceptors (Lipinski definition) is 5. The van der Waals surface area contributed by atoms with Gasteiger partial charge in [-0.3, -0.25) is 0 Å². The number of fused-ring (bicyclic) bond motifs is 1. The van der Waals surface area contributed by atoms with Crippen LogP contribution in [0, 0.1) is 0 Å². The van der Waals surface area contributed by atoms with Crippen LogP contribution in [0.4, 0.5) is 17.2 Å². The lowest BCUT2D eigenvalue weighted by Gasteiger charge is -2.24. The second-order valence-electron chi connectivity index (χ2n) is 6.66. The Kier molecular flexibility index (Phi) is 4.23. The molecule has 4 rings (SSSR count). The van der Waals surface area contributed by atoms with Crippen molar-refractivity contribution >= 4 is 34.4 Å². The molecular formula is C18H21ClN6. The minimum atomic E-state index is 0.321. The number of halogens is 1. The lowest BCUT2D eigenvalue weighted by molar-refractivity contribution is 0.391. The van der Waals surface area contributed by atoms with Crippen LogP contribution in [0.5, 0.6) is 0 Å². The van der Waals surface area contributed by atoms with Gasteiger partial charge in [0, 0.05) is 28.7 Å². The van der Waals surface area contributed by atoms with Crippen LogP contribution >= 0.6 is 11.6 Å². The number of rotatable bonds is 3. The number of nitrogen functional groups attached to an aromatic ring is 1. The molecule has 0 spiro atoms. The van der Waals surface area contributed by atoms with Gasteiger partial charge in [-0.2, -0.15) is 0 Å². The SMILES string of the molecule is Nc1cc(Nc2cccc(Cl)c2)c2nc([C@H]3CC[C@H](N)CC3)cn2n1. The topological polar surface area (TPSA) is 94.3 Å². The van der Waals surface area contributed by atoms with E-state index in [1.165, 1.54) is 0 Å². The predicted octanol–water partition coefficient (Wildman–Crippen LogP) is 3.69. The number of nitrogens with zero attached hydrogens (tertiary/aromatic N) is 3. The molecule has 0 bridgehead atoms. The summed E-state index contributed by atoms with van der Waals surface area (Å²) in [4.78, 5) is 4.83. The monoisotopic (exact) mass is 356 g/mol. The second-order valence-corrected chi connectivity index (χ2v) is 7.10. The minimum absolute atomic E-state index is 0.321. The van der Waals surface area contributed by atoms with Crippen molar-refractivity contribution in [3.05, 3.63) is 47.2 Å². The Morgan fingerprint density at radius 3 is 2.72 bits per heavy atom. The molecule has 0 unspecified atom stereocenters. The summed E-state index contributed by atoms with van der Waals surface area (Å²) in [7, 11) is 0. The number of benzene rings is 1. The zero-order valence-corrected chi connectivity index (χ0v) is 14.6. The molecule has 1 aliphatic carbocycles. The van der Waals surface area contributed by atoms with E-state index in [0.29, 0.717) is 22.8 Å². The first-order valence-electron chi connectivity index (χ1n) is 8.52. The van der Waals surface area contributed by atoms with Gasteiger partial charge in [-0.15, -0.1) is 5.10 Å². The van der Waals surface area contributed by atoms with Crippen molar-refractivity contribution in [1.82, 2.24) is 14.6 Å². The molecule has 1 aromatic carbocycles. The van der Waals surface area contributed by atoms with Gasteiger partial charge in [0.05, 0.1) is 17.6 Å². The molecule has 7 heteroatoms. The molecule has 1 fully saturated rings. The molecule has 25 heavy (non-hydrogen) atoms. The fraction of sp³-hybridized carbons (Fsp3) is 0.333. The van der Waals surface area contributed by atoms with Crippen LogP contribution in [-0.2, 0) is 0 Å². The van der Waals surface area contributed by atoms with Crippen LogP contribution in [0.15, 0.2) is 36.5 Å². The van der Waals surface area contributed by atoms with Gasteiger partial charge in [0.15, 0.2) is 5.65 Å². The van der Waals surface area contributed by atoms with Crippen molar-refractivity contribution in [3.63, 3.8) is 0 Å². The standard InChI is InChI=1S/C18H21ClN6/c19-12-2-1-3-14(8-12)22-15-9-17(21)24-25-10-16(23-18(15)25)11-4-6-13(20)7-5-11/h1-3,8-11,13,22H,4-7,20H2,(H2,21,24)/t11-,13-. The molecule has 6 nitrogen and oxygen atoms in total. The first-order valence-corrected chi connectivity index (χ1v) is 8.90. The van der Waals surface area contributed by atoms with Crippen molar-refractivity contribution in [2.24, 2.45) is 5.73 Å². The molecule has 2 heterocycles. The quantitative estimate of drug-likeness (QED) is 0.665. The molecule has 0 aliphatic heterocycles. The van der Waals surface area contributed by atoms with Gasteiger partial charge in [0.2, 0.25) is 0 Å². The van der Waals surface area contributed by atoms with E-state index in [1.807, 2.05) is 30.5 Å². The molecule has 3 aromatic rings. The molecule has 0 atom stereocenters. The van der Waals surface area contributed by atoms with Gasteiger partial charge >= 0.3 is 0 Å². The van der Waals surface area contributed by atoms with Crippen LogP contribution in [0.1, 0.15) is 37.3 Å². The van der Waals surface area contributed by atoms with Crippen LogP contribution in [-0.4, -0.2) is 20.6 Å². The molecule has 5 N–H and O–H groups in total. The van der Waals surface area contributed by atoms with Gasteiger partial charge in [0.25, 0.3) is 0 Å². The van der Waals surface area contributed by atoms with E-state index >= 15 is 0 Å². The van der Waals surface area contributed by atoms with Crippen LogP contribution in [0.2, 0.25) is 5.02 Å². The molecule has 1 saturated carbocycles. The highest BCUT2D eigenvalue weighted by atomic mass is 35.5. The normalized spacial score (nSPS) is 20.7. The molecule has 0 saturated heterocycles. The summed E-state index contributed by atoms with van der Waals surface area (Å²) in [6, 6.07) is 9.66. The summed E-state index contributed by atoms with van der Waals surface area (Å²) in [6.07, 6.45) is 6.20. The number of anilines is 3. The average molecular weight is 357 g/mol. The molecular weight excluding hydrogens is 336 g/mol. The minimum Gasteiger partial charge on any atom is -0.382 e. The molecule has 0 amide bonds.